The van der Waals surface area contributed by atoms with Crippen molar-refractivity contribution in [2.24, 2.45) is 5.41 Å². The minimum atomic E-state index is -0.105. The quantitative estimate of drug-likeness (QED) is 0.526. The fourth-order valence-electron chi connectivity index (χ4n) is 5.04. The maximum atomic E-state index is 13.4. The van der Waals surface area contributed by atoms with Gasteiger partial charge in [0.25, 0.3) is 0 Å². The Balaban J connectivity index is 1.73. The molecule has 2 heterocycles. The summed E-state index contributed by atoms with van der Waals surface area (Å²) in [6, 6.07) is 16.9. The van der Waals surface area contributed by atoms with Crippen LogP contribution in [0.25, 0.3) is 16.5 Å². The second-order valence-electron chi connectivity index (χ2n) is 9.79. The van der Waals surface area contributed by atoms with Gasteiger partial charge >= 0.3 is 0 Å². The Morgan fingerprint density at radius 2 is 1.80 bits per heavy atom. The van der Waals surface area contributed by atoms with Gasteiger partial charge in [0.2, 0.25) is 0 Å². The molecule has 1 aliphatic heterocycles. The predicted molar refractivity (Wildman–Crippen MR) is 124 cm³/mol. The lowest BCUT2D eigenvalue weighted by Gasteiger charge is -2.40. The number of ketones is 1. The molecule has 1 aromatic heterocycles. The van der Waals surface area contributed by atoms with Gasteiger partial charge in [0.05, 0.1) is 11.6 Å². The summed E-state index contributed by atoms with van der Waals surface area (Å²) in [7, 11) is 0. The number of carbonyl (C=O) groups is 1. The zero-order chi connectivity index (χ0) is 21.0. The van der Waals surface area contributed by atoms with E-state index in [4.69, 9.17) is 0 Å². The Labute approximate surface area is 178 Å². The molecule has 3 nitrogen and oxygen atoms in total. The van der Waals surface area contributed by atoms with Crippen molar-refractivity contribution < 1.29 is 4.79 Å². The monoisotopic (exact) mass is 396 g/mol. The van der Waals surface area contributed by atoms with Crippen LogP contribution in [0.4, 0.5) is 5.69 Å². The van der Waals surface area contributed by atoms with Crippen molar-refractivity contribution in [1.82, 2.24) is 4.98 Å². The Morgan fingerprint density at radius 3 is 2.53 bits per heavy atom. The third kappa shape index (κ3) is 3.04. The van der Waals surface area contributed by atoms with Crippen LogP contribution in [0.1, 0.15) is 69.2 Å². The Morgan fingerprint density at radius 1 is 1.03 bits per heavy atom. The first-order valence-corrected chi connectivity index (χ1v) is 10.8. The lowest BCUT2D eigenvalue weighted by atomic mass is 9.68. The van der Waals surface area contributed by atoms with Crippen LogP contribution in [-0.2, 0) is 4.79 Å². The molecule has 0 saturated carbocycles. The Bertz CT molecular complexity index is 1190. The number of benzene rings is 2. The van der Waals surface area contributed by atoms with Gasteiger partial charge in [-0.05, 0) is 52.7 Å². The molecule has 30 heavy (non-hydrogen) atoms. The molecule has 3 aromatic rings. The molecule has 0 spiro atoms. The molecular weight excluding hydrogens is 368 g/mol. The van der Waals surface area contributed by atoms with E-state index in [0.29, 0.717) is 12.3 Å². The topological polar surface area (TPSA) is 42.0 Å². The van der Waals surface area contributed by atoms with E-state index in [2.05, 4.69) is 80.5 Å². The van der Waals surface area contributed by atoms with Crippen molar-refractivity contribution >= 4 is 27.9 Å². The van der Waals surface area contributed by atoms with Crippen LogP contribution >= 0.6 is 0 Å². The van der Waals surface area contributed by atoms with Gasteiger partial charge in [-0.3, -0.25) is 9.78 Å². The van der Waals surface area contributed by atoms with E-state index in [0.717, 1.165) is 39.7 Å². The third-order valence-electron chi connectivity index (χ3n) is 6.53. The molecule has 1 atom stereocenters. The van der Waals surface area contributed by atoms with E-state index in [9.17, 15) is 4.79 Å². The number of Topliss-reactive ketones (excluding diaryl/α,β-unsaturated/α-hetero) is 1. The summed E-state index contributed by atoms with van der Waals surface area (Å²) in [6.45, 7) is 8.81. The molecule has 0 amide bonds. The number of nitrogens with zero attached hydrogens (tertiary/aromatic N) is 1. The highest BCUT2D eigenvalue weighted by molar-refractivity contribution is 6.12. The number of fused-ring (bicyclic) bond motifs is 4. The van der Waals surface area contributed by atoms with E-state index in [1.54, 1.807) is 0 Å². The molecule has 5 rings (SSSR count). The first-order valence-electron chi connectivity index (χ1n) is 10.8. The summed E-state index contributed by atoms with van der Waals surface area (Å²) in [5.41, 5.74) is 7.79. The summed E-state index contributed by atoms with van der Waals surface area (Å²) < 4.78 is 0. The lowest BCUT2D eigenvalue weighted by molar-refractivity contribution is -0.118. The van der Waals surface area contributed by atoms with Crippen molar-refractivity contribution in [3.8, 4) is 0 Å². The summed E-state index contributed by atoms with van der Waals surface area (Å²) in [5.74, 6) is 0.753. The molecule has 3 heteroatoms. The van der Waals surface area contributed by atoms with Crippen LogP contribution in [0.2, 0.25) is 0 Å². The van der Waals surface area contributed by atoms with E-state index in [-0.39, 0.29) is 17.2 Å². The van der Waals surface area contributed by atoms with Crippen LogP contribution in [-0.4, -0.2) is 10.8 Å². The maximum Gasteiger partial charge on any atom is 0.162 e. The second-order valence-corrected chi connectivity index (χ2v) is 9.79. The Hall–Kier alpha value is -2.94. The van der Waals surface area contributed by atoms with E-state index < -0.39 is 0 Å². The van der Waals surface area contributed by atoms with Gasteiger partial charge in [-0.1, -0.05) is 58.0 Å². The van der Waals surface area contributed by atoms with Gasteiger partial charge in [-0.25, -0.2) is 0 Å². The van der Waals surface area contributed by atoms with Crippen LogP contribution in [0, 0.1) is 5.41 Å². The van der Waals surface area contributed by atoms with Crippen molar-refractivity contribution in [3.63, 3.8) is 0 Å². The van der Waals surface area contributed by atoms with E-state index in [1.165, 1.54) is 11.1 Å². The smallest absolute Gasteiger partial charge is 0.162 e. The van der Waals surface area contributed by atoms with E-state index in [1.807, 2.05) is 12.3 Å². The number of nitrogens with one attached hydrogen (secondary N) is 1. The summed E-state index contributed by atoms with van der Waals surface area (Å²) in [6.07, 6.45) is 3.32. The third-order valence-corrected chi connectivity index (χ3v) is 6.53. The van der Waals surface area contributed by atoms with Gasteiger partial charge in [0, 0.05) is 34.8 Å². The van der Waals surface area contributed by atoms with Gasteiger partial charge < -0.3 is 5.32 Å². The summed E-state index contributed by atoms with van der Waals surface area (Å²) in [5, 5.41) is 4.82. The highest BCUT2D eigenvalue weighted by atomic mass is 16.1. The number of rotatable bonds is 2. The SMILES string of the molecule is CC(C)c1ccc([C@H]2Nc3ccc4ncccc4c3C3=C2C(=O)CC(C)(C)C3)cc1. The number of pyridine rings is 1. The van der Waals surface area contributed by atoms with Crippen molar-refractivity contribution in [2.45, 2.75) is 52.5 Å². The summed E-state index contributed by atoms with van der Waals surface area (Å²) >= 11 is 0. The van der Waals surface area contributed by atoms with Gasteiger partial charge in [-0.15, -0.1) is 0 Å². The number of hydrogen-bond acceptors (Lipinski definition) is 3. The molecule has 2 aliphatic rings. The average Bonchev–Trinajstić information content (AvgIpc) is 2.72. The maximum absolute atomic E-state index is 13.4. The zero-order valence-corrected chi connectivity index (χ0v) is 18.1. The molecule has 0 bridgehead atoms. The minimum absolute atomic E-state index is 0.0407. The Kier molecular flexibility index (Phi) is 4.32. The number of aromatic nitrogens is 1. The largest absolute Gasteiger partial charge is 0.373 e. The fraction of sp³-hybridized carbons (Fsp3) is 0.333. The average molecular weight is 397 g/mol. The lowest BCUT2D eigenvalue weighted by Crippen LogP contribution is -2.33. The normalized spacial score (nSPS) is 20.2. The summed E-state index contributed by atoms with van der Waals surface area (Å²) in [4.78, 5) is 18.0. The zero-order valence-electron chi connectivity index (χ0n) is 18.1. The van der Waals surface area contributed by atoms with Crippen molar-refractivity contribution in [2.75, 3.05) is 5.32 Å². The van der Waals surface area contributed by atoms with Crippen molar-refractivity contribution in [1.29, 1.82) is 0 Å². The highest BCUT2D eigenvalue weighted by Crippen LogP contribution is 2.51. The molecule has 0 radical (unpaired) electrons. The first kappa shape index (κ1) is 19.0. The van der Waals surface area contributed by atoms with Crippen LogP contribution in [0.15, 0.2) is 60.3 Å². The molecule has 0 unspecified atom stereocenters. The second kappa shape index (κ2) is 6.80. The molecule has 1 N–H and O–H groups in total. The number of carbonyl (C=O) groups excluding carboxylic acids is 1. The number of allylic oxidation sites excluding steroid dienone is 1. The van der Waals surface area contributed by atoms with Crippen molar-refractivity contribution in [3.05, 3.63) is 77.0 Å². The fourth-order valence-corrected chi connectivity index (χ4v) is 5.04. The van der Waals surface area contributed by atoms with Gasteiger partial charge in [-0.2, -0.15) is 0 Å². The van der Waals surface area contributed by atoms with Crippen LogP contribution < -0.4 is 5.32 Å². The molecular formula is C27H28N2O. The van der Waals surface area contributed by atoms with E-state index >= 15 is 0 Å². The molecule has 2 aromatic carbocycles. The molecule has 0 fully saturated rings. The standard InChI is InChI=1S/C27H28N2O/c1-16(2)17-7-9-18(10-8-17)26-25-20(14-27(3,4)15-23(25)30)24-19-6-5-13-28-21(19)11-12-22(24)29-26/h5-13,16,26,29H,14-15H2,1-4H3/t26-/m1/s1. The molecule has 1 aliphatic carbocycles. The number of hydrogen-bond donors (Lipinski definition) is 1. The van der Waals surface area contributed by atoms with Gasteiger partial charge in [0.1, 0.15) is 0 Å². The van der Waals surface area contributed by atoms with Crippen LogP contribution in [0.3, 0.4) is 0 Å². The minimum Gasteiger partial charge on any atom is -0.373 e. The molecule has 0 saturated heterocycles. The highest BCUT2D eigenvalue weighted by Gasteiger charge is 2.40. The predicted octanol–water partition coefficient (Wildman–Crippen LogP) is 6.67. The number of anilines is 1. The van der Waals surface area contributed by atoms with Crippen LogP contribution in [0.5, 0.6) is 0 Å². The first-order chi connectivity index (χ1) is 14.3. The van der Waals surface area contributed by atoms with Gasteiger partial charge in [0.15, 0.2) is 5.78 Å². The molecule has 152 valence electrons.